The van der Waals surface area contributed by atoms with Crippen molar-refractivity contribution in [2.75, 3.05) is 14.2 Å². The fourth-order valence-corrected chi connectivity index (χ4v) is 2.15. The molecule has 1 amide bonds. The zero-order valence-electron chi connectivity index (χ0n) is 11.4. The van der Waals surface area contributed by atoms with Crippen molar-refractivity contribution in [3.63, 3.8) is 0 Å². The number of hydrogen-bond donors (Lipinski definition) is 0. The van der Waals surface area contributed by atoms with Crippen molar-refractivity contribution in [1.82, 2.24) is 4.90 Å². The van der Waals surface area contributed by atoms with E-state index in [-0.39, 0.29) is 5.91 Å². The first-order valence-corrected chi connectivity index (χ1v) is 6.38. The lowest BCUT2D eigenvalue weighted by Crippen LogP contribution is -2.19. The van der Waals surface area contributed by atoms with Gasteiger partial charge in [-0.15, -0.1) is 0 Å². The van der Waals surface area contributed by atoms with E-state index in [0.29, 0.717) is 21.9 Å². The van der Waals surface area contributed by atoms with Crippen LogP contribution in [-0.2, 0) is 14.3 Å². The minimum absolute atomic E-state index is 0.224. The number of benzene rings is 1. The molecule has 0 atom stereocenters. The number of methoxy groups -OCH3 is 1. The molecule has 1 aliphatic rings. The van der Waals surface area contributed by atoms with Gasteiger partial charge in [-0.1, -0.05) is 23.7 Å². The van der Waals surface area contributed by atoms with Crippen LogP contribution in [0.3, 0.4) is 0 Å². The molecule has 0 bridgehead atoms. The molecule has 1 heterocycles. The van der Waals surface area contributed by atoms with E-state index in [1.54, 1.807) is 44.3 Å². The molecule has 1 aliphatic heterocycles. The molecule has 0 spiro atoms. The van der Waals surface area contributed by atoms with Gasteiger partial charge in [0.15, 0.2) is 0 Å². The summed E-state index contributed by atoms with van der Waals surface area (Å²) in [7, 11) is 2.93. The third kappa shape index (κ3) is 2.47. The topological polar surface area (TPSA) is 46.6 Å². The highest BCUT2D eigenvalue weighted by Crippen LogP contribution is 2.30. The monoisotopic (exact) mass is 291 g/mol. The van der Waals surface area contributed by atoms with E-state index >= 15 is 0 Å². The number of rotatable bonds is 2. The summed E-state index contributed by atoms with van der Waals surface area (Å²) in [6.45, 7) is 1.72. The van der Waals surface area contributed by atoms with Gasteiger partial charge >= 0.3 is 5.97 Å². The van der Waals surface area contributed by atoms with Crippen LogP contribution in [0.2, 0.25) is 5.02 Å². The number of esters is 1. The SMILES string of the molecule is COC(=O)C1=C(C)N(C)C(=O)/C1=C/c1ccc(Cl)cc1. The van der Waals surface area contributed by atoms with Crippen LogP contribution in [0.5, 0.6) is 0 Å². The summed E-state index contributed by atoms with van der Waals surface area (Å²) in [5, 5.41) is 0.613. The summed E-state index contributed by atoms with van der Waals surface area (Å²) in [5.41, 5.74) is 2.01. The molecule has 5 heteroatoms. The Morgan fingerprint density at radius 3 is 2.45 bits per heavy atom. The molecule has 0 aliphatic carbocycles. The quantitative estimate of drug-likeness (QED) is 0.622. The fraction of sp³-hybridized carbons (Fsp3) is 0.200. The van der Waals surface area contributed by atoms with Gasteiger partial charge < -0.3 is 9.64 Å². The summed E-state index contributed by atoms with van der Waals surface area (Å²) in [4.78, 5) is 25.5. The predicted molar refractivity (Wildman–Crippen MR) is 76.9 cm³/mol. The van der Waals surface area contributed by atoms with Gasteiger partial charge in [-0.2, -0.15) is 0 Å². The van der Waals surface area contributed by atoms with Gasteiger partial charge in [-0.05, 0) is 30.7 Å². The number of hydrogen-bond acceptors (Lipinski definition) is 3. The Hall–Kier alpha value is -2.07. The number of allylic oxidation sites excluding steroid dienone is 1. The van der Waals surface area contributed by atoms with Crippen molar-refractivity contribution < 1.29 is 14.3 Å². The van der Waals surface area contributed by atoms with E-state index < -0.39 is 5.97 Å². The lowest BCUT2D eigenvalue weighted by molar-refractivity contribution is -0.136. The van der Waals surface area contributed by atoms with Gasteiger partial charge in [0.2, 0.25) is 0 Å². The summed E-state index contributed by atoms with van der Waals surface area (Å²) in [6, 6.07) is 7.02. The number of carbonyl (C=O) groups excluding carboxylic acids is 2. The van der Waals surface area contributed by atoms with Crippen LogP contribution in [0.1, 0.15) is 12.5 Å². The second-order valence-corrected chi connectivity index (χ2v) is 4.86. The van der Waals surface area contributed by atoms with E-state index in [9.17, 15) is 9.59 Å². The first-order valence-electron chi connectivity index (χ1n) is 6.00. The normalized spacial score (nSPS) is 17.1. The van der Waals surface area contributed by atoms with Crippen LogP contribution in [0, 0.1) is 0 Å². The molecule has 1 aromatic carbocycles. The maximum absolute atomic E-state index is 12.2. The standard InChI is InChI=1S/C15H14ClNO3/c1-9-13(15(19)20-3)12(14(18)17(9)2)8-10-4-6-11(16)7-5-10/h4-8H,1-3H3/b12-8+. The number of carbonyl (C=O) groups is 2. The fourth-order valence-electron chi connectivity index (χ4n) is 2.02. The molecule has 0 unspecified atom stereocenters. The Morgan fingerprint density at radius 1 is 1.30 bits per heavy atom. The molecule has 0 saturated carbocycles. The molecular weight excluding hydrogens is 278 g/mol. The van der Waals surface area contributed by atoms with Crippen LogP contribution in [-0.4, -0.2) is 30.9 Å². The third-order valence-corrected chi connectivity index (χ3v) is 3.49. The predicted octanol–water partition coefficient (Wildman–Crippen LogP) is 2.64. The van der Waals surface area contributed by atoms with Gasteiger partial charge in [0, 0.05) is 17.8 Å². The van der Waals surface area contributed by atoms with E-state index in [1.165, 1.54) is 12.0 Å². The second-order valence-electron chi connectivity index (χ2n) is 4.43. The Morgan fingerprint density at radius 2 is 1.90 bits per heavy atom. The molecule has 0 N–H and O–H groups in total. The van der Waals surface area contributed by atoms with Crippen LogP contribution in [0.25, 0.3) is 6.08 Å². The molecule has 0 radical (unpaired) electrons. The maximum atomic E-state index is 12.2. The molecule has 0 fully saturated rings. The first kappa shape index (κ1) is 14.3. The van der Waals surface area contributed by atoms with Gasteiger partial charge in [0.25, 0.3) is 5.91 Å². The number of amides is 1. The zero-order chi connectivity index (χ0) is 14.9. The average Bonchev–Trinajstić information content (AvgIpc) is 2.65. The number of halogens is 1. The van der Waals surface area contributed by atoms with Gasteiger partial charge in [-0.25, -0.2) is 4.79 Å². The van der Waals surface area contributed by atoms with E-state index in [4.69, 9.17) is 16.3 Å². The summed E-state index contributed by atoms with van der Waals surface area (Å²) >= 11 is 5.83. The number of nitrogens with zero attached hydrogens (tertiary/aromatic N) is 1. The third-order valence-electron chi connectivity index (χ3n) is 3.24. The summed E-state index contributed by atoms with van der Waals surface area (Å²) in [5.74, 6) is -0.738. The summed E-state index contributed by atoms with van der Waals surface area (Å²) in [6.07, 6.45) is 1.66. The second kappa shape index (κ2) is 5.51. The minimum Gasteiger partial charge on any atom is -0.465 e. The van der Waals surface area contributed by atoms with Crippen molar-refractivity contribution in [1.29, 1.82) is 0 Å². The highest BCUT2D eigenvalue weighted by molar-refractivity contribution is 6.30. The van der Waals surface area contributed by atoms with Crippen molar-refractivity contribution in [2.24, 2.45) is 0 Å². The van der Waals surface area contributed by atoms with Crippen molar-refractivity contribution in [3.05, 3.63) is 51.7 Å². The molecule has 2 rings (SSSR count). The van der Waals surface area contributed by atoms with E-state index in [2.05, 4.69) is 0 Å². The van der Waals surface area contributed by atoms with Crippen molar-refractivity contribution >= 4 is 29.6 Å². The molecule has 4 nitrogen and oxygen atoms in total. The summed E-state index contributed by atoms with van der Waals surface area (Å²) < 4.78 is 4.75. The van der Waals surface area contributed by atoms with Crippen molar-refractivity contribution in [3.8, 4) is 0 Å². The Kier molecular flexibility index (Phi) is 3.95. The highest BCUT2D eigenvalue weighted by atomic mass is 35.5. The van der Waals surface area contributed by atoms with Crippen LogP contribution < -0.4 is 0 Å². The smallest absolute Gasteiger partial charge is 0.340 e. The Bertz CT molecular complexity index is 629. The lowest BCUT2D eigenvalue weighted by atomic mass is 10.0. The molecule has 0 aromatic heterocycles. The number of likely N-dealkylation sites (N-methyl/N-ethyl adjacent to an activating group) is 1. The van der Waals surface area contributed by atoms with E-state index in [1.807, 2.05) is 0 Å². The van der Waals surface area contributed by atoms with Gasteiger partial charge in [0.1, 0.15) is 0 Å². The lowest BCUT2D eigenvalue weighted by Gasteiger charge is -2.08. The average molecular weight is 292 g/mol. The first-order chi connectivity index (χ1) is 9.45. The van der Waals surface area contributed by atoms with Crippen LogP contribution in [0.4, 0.5) is 0 Å². The van der Waals surface area contributed by atoms with Crippen LogP contribution >= 0.6 is 11.6 Å². The van der Waals surface area contributed by atoms with Gasteiger partial charge in [-0.3, -0.25) is 4.79 Å². The van der Waals surface area contributed by atoms with Crippen molar-refractivity contribution in [2.45, 2.75) is 6.92 Å². The Balaban J connectivity index is 2.50. The Labute approximate surface area is 122 Å². The van der Waals surface area contributed by atoms with Gasteiger partial charge in [0.05, 0.1) is 18.3 Å². The minimum atomic E-state index is -0.514. The molecular formula is C15H14ClNO3. The number of ether oxygens (including phenoxy) is 1. The zero-order valence-corrected chi connectivity index (χ0v) is 12.2. The molecule has 0 saturated heterocycles. The molecule has 104 valence electrons. The highest BCUT2D eigenvalue weighted by Gasteiger charge is 2.34. The molecule has 20 heavy (non-hydrogen) atoms. The largest absolute Gasteiger partial charge is 0.465 e. The van der Waals surface area contributed by atoms with E-state index in [0.717, 1.165) is 5.56 Å². The van der Waals surface area contributed by atoms with Crippen LogP contribution in [0.15, 0.2) is 41.1 Å². The maximum Gasteiger partial charge on any atom is 0.340 e. The molecule has 1 aromatic rings.